The van der Waals surface area contributed by atoms with Gasteiger partial charge in [0.05, 0.1) is 6.04 Å². The Kier molecular flexibility index (Phi) is 3.74. The lowest BCUT2D eigenvalue weighted by Crippen LogP contribution is -2.11. The van der Waals surface area contributed by atoms with Gasteiger partial charge in [-0.25, -0.2) is 4.79 Å². The summed E-state index contributed by atoms with van der Waals surface area (Å²) in [5, 5.41) is 0. The zero-order chi connectivity index (χ0) is 9.52. The number of isocyanates is 1. The van der Waals surface area contributed by atoms with Gasteiger partial charge < -0.3 is 4.74 Å². The molecule has 0 N–H and O–H groups in total. The normalized spacial score (nSPS) is 11.5. The minimum absolute atomic E-state index is 0.141. The van der Waals surface area contributed by atoms with E-state index in [2.05, 4.69) is 4.99 Å². The van der Waals surface area contributed by atoms with Crippen LogP contribution in [0.2, 0.25) is 0 Å². The molecule has 0 aliphatic rings. The van der Waals surface area contributed by atoms with E-state index in [9.17, 15) is 4.79 Å². The number of ether oxygens (including phenoxy) is 1. The Morgan fingerprint density at radius 3 is 2.77 bits per heavy atom. The van der Waals surface area contributed by atoms with E-state index < -0.39 is 0 Å². The fourth-order valence-electron chi connectivity index (χ4n) is 0.861. The molecule has 0 aliphatic carbocycles. The first kappa shape index (κ1) is 9.49. The van der Waals surface area contributed by atoms with Gasteiger partial charge in [0.25, 0.3) is 0 Å². The van der Waals surface area contributed by atoms with Crippen molar-refractivity contribution in [2.45, 2.75) is 13.0 Å². The van der Waals surface area contributed by atoms with Gasteiger partial charge in [0, 0.05) is 0 Å². The molecule has 0 aromatic heterocycles. The summed E-state index contributed by atoms with van der Waals surface area (Å²) in [5.74, 6) is 0.787. The highest BCUT2D eigenvalue weighted by molar-refractivity contribution is 5.33. The summed E-state index contributed by atoms with van der Waals surface area (Å²) < 4.78 is 5.35. The number of nitrogens with zero attached hydrogens (tertiary/aromatic N) is 1. The molecule has 0 aliphatic heterocycles. The Morgan fingerprint density at radius 2 is 2.15 bits per heavy atom. The Labute approximate surface area is 77.1 Å². The van der Waals surface area contributed by atoms with Gasteiger partial charge in [-0.05, 0) is 19.1 Å². The quantitative estimate of drug-likeness (QED) is 0.519. The van der Waals surface area contributed by atoms with E-state index in [1.807, 2.05) is 30.3 Å². The van der Waals surface area contributed by atoms with Crippen molar-refractivity contribution in [3.63, 3.8) is 0 Å². The van der Waals surface area contributed by atoms with Gasteiger partial charge in [0.15, 0.2) is 0 Å². The Hall–Kier alpha value is -1.60. The van der Waals surface area contributed by atoms with Crippen molar-refractivity contribution in [1.29, 1.82) is 0 Å². The third kappa shape index (κ3) is 3.54. The molecule has 1 aromatic rings. The van der Waals surface area contributed by atoms with Crippen molar-refractivity contribution in [1.82, 2.24) is 0 Å². The fraction of sp³-hybridized carbons (Fsp3) is 0.300. The summed E-state index contributed by atoms with van der Waals surface area (Å²) >= 11 is 0. The van der Waals surface area contributed by atoms with E-state index in [-0.39, 0.29) is 6.04 Å². The highest BCUT2D eigenvalue weighted by Crippen LogP contribution is 2.08. The van der Waals surface area contributed by atoms with Crippen LogP contribution in [0.5, 0.6) is 5.75 Å². The van der Waals surface area contributed by atoms with E-state index in [4.69, 9.17) is 4.74 Å². The van der Waals surface area contributed by atoms with E-state index >= 15 is 0 Å². The van der Waals surface area contributed by atoms with Crippen molar-refractivity contribution in [2.75, 3.05) is 6.61 Å². The summed E-state index contributed by atoms with van der Waals surface area (Å²) in [6.45, 7) is 2.20. The topological polar surface area (TPSA) is 38.7 Å². The summed E-state index contributed by atoms with van der Waals surface area (Å²) in [6.07, 6.45) is 1.50. The second-order valence-electron chi connectivity index (χ2n) is 2.69. The molecule has 0 spiro atoms. The highest BCUT2D eigenvalue weighted by Gasteiger charge is 1.99. The molecule has 68 valence electrons. The number of hydrogen-bond acceptors (Lipinski definition) is 3. The lowest BCUT2D eigenvalue weighted by Gasteiger charge is -2.06. The lowest BCUT2D eigenvalue weighted by atomic mass is 10.3. The zero-order valence-electron chi connectivity index (χ0n) is 7.43. The van der Waals surface area contributed by atoms with Crippen molar-refractivity contribution in [3.8, 4) is 5.75 Å². The highest BCUT2D eigenvalue weighted by atomic mass is 16.5. The van der Waals surface area contributed by atoms with Gasteiger partial charge in [0.2, 0.25) is 6.08 Å². The third-order valence-electron chi connectivity index (χ3n) is 1.51. The van der Waals surface area contributed by atoms with Gasteiger partial charge in [-0.15, -0.1) is 0 Å². The Balaban J connectivity index is 2.39. The van der Waals surface area contributed by atoms with Crippen LogP contribution in [0, 0.1) is 0 Å². The molecule has 3 nitrogen and oxygen atoms in total. The van der Waals surface area contributed by atoms with Gasteiger partial charge in [-0.3, -0.25) is 0 Å². The first-order valence-corrected chi connectivity index (χ1v) is 4.08. The van der Waals surface area contributed by atoms with Crippen molar-refractivity contribution in [2.24, 2.45) is 4.99 Å². The van der Waals surface area contributed by atoms with E-state index in [1.54, 1.807) is 6.92 Å². The molecule has 0 saturated carbocycles. The minimum atomic E-state index is -0.141. The van der Waals surface area contributed by atoms with E-state index in [1.165, 1.54) is 6.08 Å². The second-order valence-corrected chi connectivity index (χ2v) is 2.69. The smallest absolute Gasteiger partial charge is 0.235 e. The molecule has 1 aromatic carbocycles. The zero-order valence-corrected chi connectivity index (χ0v) is 7.43. The number of benzene rings is 1. The molecule has 0 fully saturated rings. The predicted octanol–water partition coefficient (Wildman–Crippen LogP) is 1.79. The minimum Gasteiger partial charge on any atom is -0.491 e. The molecule has 0 saturated heterocycles. The monoisotopic (exact) mass is 177 g/mol. The first-order chi connectivity index (χ1) is 6.33. The van der Waals surface area contributed by atoms with Crippen molar-refractivity contribution < 1.29 is 9.53 Å². The molecule has 13 heavy (non-hydrogen) atoms. The molecule has 0 heterocycles. The molecule has 1 atom stereocenters. The maximum Gasteiger partial charge on any atom is 0.235 e. The van der Waals surface area contributed by atoms with Crippen LogP contribution in [0.1, 0.15) is 6.92 Å². The number of aliphatic imine (C=N–C) groups is 1. The van der Waals surface area contributed by atoms with Crippen LogP contribution in [0.4, 0.5) is 0 Å². The van der Waals surface area contributed by atoms with E-state index in [0.29, 0.717) is 6.61 Å². The van der Waals surface area contributed by atoms with Crippen molar-refractivity contribution in [3.05, 3.63) is 30.3 Å². The van der Waals surface area contributed by atoms with Gasteiger partial charge >= 0.3 is 0 Å². The third-order valence-corrected chi connectivity index (χ3v) is 1.51. The van der Waals surface area contributed by atoms with Crippen LogP contribution in [-0.4, -0.2) is 18.7 Å². The van der Waals surface area contributed by atoms with Crippen LogP contribution in [0.25, 0.3) is 0 Å². The Morgan fingerprint density at radius 1 is 1.46 bits per heavy atom. The summed E-state index contributed by atoms with van der Waals surface area (Å²) in [6, 6.07) is 9.28. The van der Waals surface area contributed by atoms with Crippen LogP contribution < -0.4 is 4.74 Å². The summed E-state index contributed by atoms with van der Waals surface area (Å²) in [4.78, 5) is 13.4. The second kappa shape index (κ2) is 5.12. The SMILES string of the molecule is CC(COc1ccccc1)N=C=O. The predicted molar refractivity (Wildman–Crippen MR) is 49.5 cm³/mol. The average Bonchev–Trinajstić information content (AvgIpc) is 2.17. The Bertz CT molecular complexity index is 291. The number of carbonyl (C=O) groups excluding carboxylic acids is 1. The summed E-state index contributed by atoms with van der Waals surface area (Å²) in [5.41, 5.74) is 0. The van der Waals surface area contributed by atoms with Gasteiger partial charge in [-0.1, -0.05) is 18.2 Å². The van der Waals surface area contributed by atoms with E-state index in [0.717, 1.165) is 5.75 Å². The summed E-state index contributed by atoms with van der Waals surface area (Å²) in [7, 11) is 0. The molecule has 1 unspecified atom stereocenters. The first-order valence-electron chi connectivity index (χ1n) is 4.08. The molecule has 1 rings (SSSR count). The van der Waals surface area contributed by atoms with Crippen LogP contribution in [0.15, 0.2) is 35.3 Å². The van der Waals surface area contributed by atoms with Crippen molar-refractivity contribution >= 4 is 6.08 Å². The number of para-hydroxylation sites is 1. The number of hydrogen-bond donors (Lipinski definition) is 0. The maximum absolute atomic E-state index is 9.88. The molecule has 0 bridgehead atoms. The fourth-order valence-corrected chi connectivity index (χ4v) is 0.861. The number of rotatable bonds is 4. The average molecular weight is 177 g/mol. The largest absolute Gasteiger partial charge is 0.491 e. The molecular formula is C10H11NO2. The van der Waals surface area contributed by atoms with Crippen LogP contribution in [0.3, 0.4) is 0 Å². The molecule has 3 heteroatoms. The van der Waals surface area contributed by atoms with Crippen LogP contribution in [-0.2, 0) is 4.79 Å². The maximum atomic E-state index is 9.88. The molecular weight excluding hydrogens is 166 g/mol. The molecule has 0 amide bonds. The van der Waals surface area contributed by atoms with Crippen LogP contribution >= 0.6 is 0 Å². The van der Waals surface area contributed by atoms with Gasteiger partial charge in [0.1, 0.15) is 12.4 Å². The molecule has 0 radical (unpaired) electrons. The standard InChI is InChI=1S/C10H11NO2/c1-9(11-8-12)7-13-10-5-3-2-4-6-10/h2-6,9H,7H2,1H3. The lowest BCUT2D eigenvalue weighted by molar-refractivity contribution is 0.296. The van der Waals surface area contributed by atoms with Gasteiger partial charge in [-0.2, -0.15) is 4.99 Å².